The Labute approximate surface area is 124 Å². The highest BCUT2D eigenvalue weighted by Gasteiger charge is 2.40. The Kier molecular flexibility index (Phi) is 5.22. The van der Waals surface area contributed by atoms with Crippen molar-refractivity contribution in [3.63, 3.8) is 0 Å². The van der Waals surface area contributed by atoms with Crippen molar-refractivity contribution in [1.82, 2.24) is 10.2 Å². The van der Waals surface area contributed by atoms with Gasteiger partial charge in [-0.25, -0.2) is 0 Å². The molecule has 0 amide bonds. The van der Waals surface area contributed by atoms with Gasteiger partial charge in [0, 0.05) is 25.2 Å². The van der Waals surface area contributed by atoms with Gasteiger partial charge in [-0.3, -0.25) is 4.90 Å². The Morgan fingerprint density at radius 2 is 2.00 bits per heavy atom. The van der Waals surface area contributed by atoms with Crippen molar-refractivity contribution in [3.8, 4) is 0 Å². The number of benzene rings is 1. The maximum atomic E-state index is 3.74. The highest BCUT2D eigenvalue weighted by Crippen LogP contribution is 2.33. The fourth-order valence-electron chi connectivity index (χ4n) is 3.53. The molecule has 0 bridgehead atoms. The largest absolute Gasteiger partial charge is 0.311 e. The van der Waals surface area contributed by atoms with Crippen molar-refractivity contribution in [2.24, 2.45) is 0 Å². The lowest BCUT2D eigenvalue weighted by molar-refractivity contribution is 0.0119. The molecule has 1 aliphatic heterocycles. The van der Waals surface area contributed by atoms with E-state index in [1.54, 1.807) is 0 Å². The molecule has 3 atom stereocenters. The van der Waals surface area contributed by atoms with Gasteiger partial charge in [0.25, 0.3) is 0 Å². The van der Waals surface area contributed by atoms with Crippen LogP contribution in [0.5, 0.6) is 0 Å². The Morgan fingerprint density at radius 1 is 1.30 bits per heavy atom. The number of piperazine rings is 1. The van der Waals surface area contributed by atoms with E-state index in [-0.39, 0.29) is 5.54 Å². The molecule has 1 saturated heterocycles. The summed E-state index contributed by atoms with van der Waals surface area (Å²) in [6, 6.07) is 12.3. The lowest BCUT2D eigenvalue weighted by Gasteiger charge is -2.51. The van der Waals surface area contributed by atoms with Crippen molar-refractivity contribution >= 4 is 0 Å². The van der Waals surface area contributed by atoms with Crippen molar-refractivity contribution in [3.05, 3.63) is 35.9 Å². The molecule has 0 aromatic heterocycles. The molecule has 0 saturated carbocycles. The molecule has 1 heterocycles. The minimum atomic E-state index is 0.113. The van der Waals surface area contributed by atoms with Gasteiger partial charge in [0.2, 0.25) is 0 Å². The second-order valence-corrected chi connectivity index (χ2v) is 6.42. The van der Waals surface area contributed by atoms with Crippen LogP contribution in [0.25, 0.3) is 0 Å². The SMILES string of the molecule is CCCC(C)N1CC(CC)NCC1(C)c1ccccc1. The van der Waals surface area contributed by atoms with Crippen LogP contribution in [-0.2, 0) is 5.54 Å². The molecular weight excluding hydrogens is 244 g/mol. The summed E-state index contributed by atoms with van der Waals surface area (Å²) in [4.78, 5) is 2.73. The van der Waals surface area contributed by atoms with Gasteiger partial charge in [-0.2, -0.15) is 0 Å². The van der Waals surface area contributed by atoms with E-state index in [0.717, 1.165) is 13.1 Å². The first-order valence-corrected chi connectivity index (χ1v) is 8.17. The summed E-state index contributed by atoms with van der Waals surface area (Å²) < 4.78 is 0. The second-order valence-electron chi connectivity index (χ2n) is 6.42. The highest BCUT2D eigenvalue weighted by atomic mass is 15.3. The minimum Gasteiger partial charge on any atom is -0.311 e. The molecule has 2 heteroatoms. The fourth-order valence-corrected chi connectivity index (χ4v) is 3.53. The molecule has 20 heavy (non-hydrogen) atoms. The van der Waals surface area contributed by atoms with Crippen LogP contribution in [-0.4, -0.2) is 30.1 Å². The first-order chi connectivity index (χ1) is 9.61. The Bertz CT molecular complexity index is 403. The zero-order valence-electron chi connectivity index (χ0n) is 13.5. The van der Waals surface area contributed by atoms with Crippen LogP contribution in [0.1, 0.15) is 52.5 Å². The van der Waals surface area contributed by atoms with E-state index in [1.807, 2.05) is 0 Å². The number of hydrogen-bond donors (Lipinski definition) is 1. The average molecular weight is 274 g/mol. The maximum absolute atomic E-state index is 3.74. The van der Waals surface area contributed by atoms with Gasteiger partial charge in [0.05, 0.1) is 5.54 Å². The van der Waals surface area contributed by atoms with Gasteiger partial charge in [-0.05, 0) is 32.3 Å². The standard InChI is InChI=1S/C18H30N2/c1-5-10-15(3)20-13-17(6-2)19-14-18(20,4)16-11-8-7-9-12-16/h7-9,11-12,15,17,19H,5-6,10,13-14H2,1-4H3. The van der Waals surface area contributed by atoms with E-state index in [4.69, 9.17) is 0 Å². The predicted octanol–water partition coefficient (Wildman–Crippen LogP) is 3.77. The molecule has 0 spiro atoms. The van der Waals surface area contributed by atoms with Crippen molar-refractivity contribution in [2.45, 2.75) is 64.6 Å². The molecular formula is C18H30N2. The van der Waals surface area contributed by atoms with E-state index in [1.165, 1.54) is 24.8 Å². The molecule has 3 unspecified atom stereocenters. The third-order valence-corrected chi connectivity index (χ3v) is 4.91. The number of nitrogens with one attached hydrogen (secondary N) is 1. The van der Waals surface area contributed by atoms with Crippen LogP contribution in [0.3, 0.4) is 0 Å². The number of nitrogens with zero attached hydrogens (tertiary/aromatic N) is 1. The van der Waals surface area contributed by atoms with Crippen molar-refractivity contribution < 1.29 is 0 Å². The zero-order chi connectivity index (χ0) is 14.6. The van der Waals surface area contributed by atoms with E-state index in [2.05, 4.69) is 68.2 Å². The molecule has 0 aliphatic carbocycles. The third-order valence-electron chi connectivity index (χ3n) is 4.91. The van der Waals surface area contributed by atoms with Gasteiger partial charge in [-0.15, -0.1) is 0 Å². The van der Waals surface area contributed by atoms with Crippen molar-refractivity contribution in [1.29, 1.82) is 0 Å². The van der Waals surface area contributed by atoms with Crippen LogP contribution in [0, 0.1) is 0 Å². The molecule has 112 valence electrons. The normalized spacial score (nSPS) is 29.3. The maximum Gasteiger partial charge on any atom is 0.0560 e. The first kappa shape index (κ1) is 15.5. The lowest BCUT2D eigenvalue weighted by Crippen LogP contribution is -2.63. The van der Waals surface area contributed by atoms with Crippen LogP contribution in [0.4, 0.5) is 0 Å². The Hall–Kier alpha value is -0.860. The zero-order valence-corrected chi connectivity index (χ0v) is 13.5. The summed E-state index contributed by atoms with van der Waals surface area (Å²) in [5, 5.41) is 3.74. The van der Waals surface area contributed by atoms with E-state index in [9.17, 15) is 0 Å². The minimum absolute atomic E-state index is 0.113. The molecule has 2 rings (SSSR count). The van der Waals surface area contributed by atoms with Gasteiger partial charge >= 0.3 is 0 Å². The Morgan fingerprint density at radius 3 is 2.60 bits per heavy atom. The molecule has 1 N–H and O–H groups in total. The van der Waals surface area contributed by atoms with Crippen LogP contribution >= 0.6 is 0 Å². The van der Waals surface area contributed by atoms with Crippen molar-refractivity contribution in [2.75, 3.05) is 13.1 Å². The molecule has 1 aromatic rings. The summed E-state index contributed by atoms with van der Waals surface area (Å²) in [7, 11) is 0. The topological polar surface area (TPSA) is 15.3 Å². The molecule has 1 fully saturated rings. The summed E-state index contributed by atoms with van der Waals surface area (Å²) in [6.07, 6.45) is 3.74. The van der Waals surface area contributed by atoms with Crippen LogP contribution in [0.15, 0.2) is 30.3 Å². The lowest BCUT2D eigenvalue weighted by atomic mass is 9.85. The average Bonchev–Trinajstić information content (AvgIpc) is 2.49. The first-order valence-electron chi connectivity index (χ1n) is 8.17. The van der Waals surface area contributed by atoms with Gasteiger partial charge in [0.15, 0.2) is 0 Å². The fraction of sp³-hybridized carbons (Fsp3) is 0.667. The Balaban J connectivity index is 2.28. The van der Waals surface area contributed by atoms with Gasteiger partial charge < -0.3 is 5.32 Å². The van der Waals surface area contributed by atoms with Gasteiger partial charge in [0.1, 0.15) is 0 Å². The summed E-state index contributed by atoms with van der Waals surface area (Å²) in [5.74, 6) is 0. The van der Waals surface area contributed by atoms with Crippen LogP contribution in [0.2, 0.25) is 0 Å². The van der Waals surface area contributed by atoms with E-state index < -0.39 is 0 Å². The quantitative estimate of drug-likeness (QED) is 0.879. The van der Waals surface area contributed by atoms with E-state index >= 15 is 0 Å². The smallest absolute Gasteiger partial charge is 0.0560 e. The molecule has 1 aromatic carbocycles. The molecule has 2 nitrogen and oxygen atoms in total. The summed E-state index contributed by atoms with van der Waals surface area (Å²) >= 11 is 0. The number of hydrogen-bond acceptors (Lipinski definition) is 2. The highest BCUT2D eigenvalue weighted by molar-refractivity contribution is 5.25. The summed E-state index contributed by atoms with van der Waals surface area (Å²) in [5.41, 5.74) is 1.55. The summed E-state index contributed by atoms with van der Waals surface area (Å²) in [6.45, 7) is 11.6. The monoisotopic (exact) mass is 274 g/mol. The van der Waals surface area contributed by atoms with Crippen LogP contribution < -0.4 is 5.32 Å². The molecule has 0 radical (unpaired) electrons. The van der Waals surface area contributed by atoms with E-state index in [0.29, 0.717) is 12.1 Å². The predicted molar refractivity (Wildman–Crippen MR) is 87.0 cm³/mol. The van der Waals surface area contributed by atoms with Gasteiger partial charge in [-0.1, -0.05) is 50.6 Å². The third kappa shape index (κ3) is 3.07. The molecule has 1 aliphatic rings. The number of rotatable bonds is 5. The second kappa shape index (κ2) is 6.73.